The lowest BCUT2D eigenvalue weighted by Gasteiger charge is -2.24. The number of Topliss-reactive ketones (excluding diaryl/α,β-unsaturated/α-hetero) is 1. The van der Waals surface area contributed by atoms with Crippen molar-refractivity contribution in [2.45, 2.75) is 38.1 Å². The second-order valence-corrected chi connectivity index (χ2v) is 9.86. The van der Waals surface area contributed by atoms with Crippen molar-refractivity contribution in [2.75, 3.05) is 13.2 Å². The van der Waals surface area contributed by atoms with E-state index >= 15 is 0 Å². The van der Waals surface area contributed by atoms with E-state index in [1.807, 2.05) is 6.07 Å². The van der Waals surface area contributed by atoms with Crippen LogP contribution in [0.25, 0.3) is 0 Å². The first-order valence-corrected chi connectivity index (χ1v) is 11.8. The summed E-state index contributed by atoms with van der Waals surface area (Å²) in [4.78, 5) is 31.6. The molecule has 160 valence electrons. The molecule has 0 saturated carbocycles. The van der Waals surface area contributed by atoms with E-state index in [9.17, 15) is 9.36 Å². The van der Waals surface area contributed by atoms with E-state index in [0.29, 0.717) is 47.9 Å². The van der Waals surface area contributed by atoms with Gasteiger partial charge >= 0.3 is 7.82 Å². The number of aryl methyl sites for hydroxylation is 1. The number of nitrogens with two attached hydrogens (primary N) is 1. The molecule has 0 aliphatic carbocycles. The van der Waals surface area contributed by atoms with Crippen LogP contribution in [-0.2, 0) is 15.5 Å². The van der Waals surface area contributed by atoms with Crippen molar-refractivity contribution in [3.05, 3.63) is 51.2 Å². The fourth-order valence-electron chi connectivity index (χ4n) is 2.45. The molecule has 0 saturated heterocycles. The number of hydrogen-bond donors (Lipinski definition) is 3. The minimum atomic E-state index is -4.54. The summed E-state index contributed by atoms with van der Waals surface area (Å²) < 4.78 is 20.9. The molecule has 0 spiro atoms. The second-order valence-electron chi connectivity index (χ2n) is 7.01. The van der Waals surface area contributed by atoms with Gasteiger partial charge in [-0.25, -0.2) is 4.57 Å². The fraction of sp³-hybridized carbons (Fsp3) is 0.421. The van der Waals surface area contributed by atoms with E-state index in [1.165, 1.54) is 11.3 Å². The molecule has 1 atom stereocenters. The van der Waals surface area contributed by atoms with Crippen molar-refractivity contribution in [3.63, 3.8) is 0 Å². The van der Waals surface area contributed by atoms with Crippen LogP contribution >= 0.6 is 30.8 Å². The van der Waals surface area contributed by atoms with Crippen LogP contribution in [0.3, 0.4) is 0 Å². The molecule has 1 heterocycles. The Kier molecular flexibility index (Phi) is 8.85. The third-order valence-electron chi connectivity index (χ3n) is 4.07. The number of benzene rings is 1. The van der Waals surface area contributed by atoms with Crippen molar-refractivity contribution in [1.82, 2.24) is 0 Å². The standard InChI is InChI=1S/C19H25ClNO6PS/c1-19(21,13-27-28(23,24)25)11-10-16-8-9-18(29-16)17(22)3-2-12-26-15-6-4-14(20)5-7-15/h4-9H,2-3,10-13,21H2,1H3,(H2,23,24,25). The summed E-state index contributed by atoms with van der Waals surface area (Å²) in [6, 6.07) is 10.7. The minimum Gasteiger partial charge on any atom is -0.494 e. The van der Waals surface area contributed by atoms with Gasteiger partial charge in [-0.15, -0.1) is 11.3 Å². The van der Waals surface area contributed by atoms with Gasteiger partial charge in [-0.1, -0.05) is 11.6 Å². The van der Waals surface area contributed by atoms with Gasteiger partial charge in [-0.3, -0.25) is 9.32 Å². The number of ketones is 1. The Hall–Kier alpha value is -1.25. The maximum atomic E-state index is 12.3. The Balaban J connectivity index is 1.73. The predicted octanol–water partition coefficient (Wildman–Crippen LogP) is 4.20. The molecule has 2 rings (SSSR count). The Bertz CT molecular complexity index is 849. The highest BCUT2D eigenvalue weighted by molar-refractivity contribution is 7.46. The summed E-state index contributed by atoms with van der Waals surface area (Å²) in [5.41, 5.74) is 5.14. The van der Waals surface area contributed by atoms with Crippen LogP contribution in [0.4, 0.5) is 0 Å². The van der Waals surface area contributed by atoms with Crippen LogP contribution in [0, 0.1) is 0 Å². The smallest absolute Gasteiger partial charge is 0.469 e. The quantitative estimate of drug-likeness (QED) is 0.246. The van der Waals surface area contributed by atoms with Crippen LogP contribution in [0.5, 0.6) is 5.75 Å². The highest BCUT2D eigenvalue weighted by Crippen LogP contribution is 2.37. The molecule has 0 amide bonds. The largest absolute Gasteiger partial charge is 0.494 e. The van der Waals surface area contributed by atoms with Gasteiger partial charge in [0.05, 0.1) is 18.1 Å². The molecule has 0 aliphatic heterocycles. The number of carbonyl (C=O) groups is 1. The molecule has 1 unspecified atom stereocenters. The van der Waals surface area contributed by atoms with Crippen LogP contribution in [0.2, 0.25) is 5.02 Å². The molecule has 2 aromatic rings. The molecule has 1 aromatic heterocycles. The maximum Gasteiger partial charge on any atom is 0.469 e. The lowest BCUT2D eigenvalue weighted by Crippen LogP contribution is -2.41. The van der Waals surface area contributed by atoms with Crippen LogP contribution in [-0.4, -0.2) is 34.3 Å². The van der Waals surface area contributed by atoms with Gasteiger partial charge in [-0.05, 0) is 62.6 Å². The van der Waals surface area contributed by atoms with Gasteiger partial charge in [0.15, 0.2) is 5.78 Å². The first kappa shape index (κ1) is 24.0. The Morgan fingerprint density at radius 1 is 1.24 bits per heavy atom. The number of ether oxygens (including phenoxy) is 1. The second kappa shape index (κ2) is 10.7. The molecule has 7 nitrogen and oxygen atoms in total. The van der Waals surface area contributed by atoms with Crippen molar-refractivity contribution in [1.29, 1.82) is 0 Å². The number of halogens is 1. The summed E-state index contributed by atoms with van der Waals surface area (Å²) in [7, 11) is -4.54. The molecular weight excluding hydrogens is 437 g/mol. The predicted molar refractivity (Wildman–Crippen MR) is 114 cm³/mol. The number of rotatable bonds is 12. The fourth-order valence-corrected chi connectivity index (χ4v) is 4.02. The van der Waals surface area contributed by atoms with E-state index < -0.39 is 13.4 Å². The van der Waals surface area contributed by atoms with E-state index in [4.69, 9.17) is 31.9 Å². The Labute approximate surface area is 179 Å². The van der Waals surface area contributed by atoms with E-state index in [1.54, 1.807) is 37.3 Å². The van der Waals surface area contributed by atoms with Gasteiger partial charge in [0, 0.05) is 21.9 Å². The molecular formula is C19H25ClNO6PS. The molecule has 4 N–H and O–H groups in total. The van der Waals surface area contributed by atoms with Crippen LogP contribution in [0.15, 0.2) is 36.4 Å². The normalized spacial score (nSPS) is 13.8. The Morgan fingerprint density at radius 2 is 1.93 bits per heavy atom. The third kappa shape index (κ3) is 9.40. The molecule has 0 aliphatic rings. The lowest BCUT2D eigenvalue weighted by atomic mass is 9.98. The first-order valence-electron chi connectivity index (χ1n) is 9.03. The topological polar surface area (TPSA) is 119 Å². The molecule has 0 radical (unpaired) electrons. The lowest BCUT2D eigenvalue weighted by molar-refractivity contribution is 0.0977. The van der Waals surface area contributed by atoms with Crippen molar-refractivity contribution in [3.8, 4) is 5.75 Å². The SMILES string of the molecule is CC(N)(CCc1ccc(C(=O)CCCOc2ccc(Cl)cc2)s1)COP(=O)(O)O. The average Bonchev–Trinajstić information content (AvgIpc) is 3.12. The van der Waals surface area contributed by atoms with Crippen LogP contribution in [0.1, 0.15) is 40.7 Å². The number of phosphoric ester groups is 1. The van der Waals surface area contributed by atoms with E-state index in [-0.39, 0.29) is 12.4 Å². The summed E-state index contributed by atoms with van der Waals surface area (Å²) in [6.45, 7) is 1.86. The summed E-state index contributed by atoms with van der Waals surface area (Å²) in [5.74, 6) is 0.772. The highest BCUT2D eigenvalue weighted by atomic mass is 35.5. The van der Waals surface area contributed by atoms with E-state index in [0.717, 1.165) is 4.88 Å². The zero-order valence-corrected chi connectivity index (χ0v) is 18.5. The monoisotopic (exact) mass is 461 g/mol. The van der Waals surface area contributed by atoms with Gasteiger partial charge in [0.2, 0.25) is 0 Å². The molecule has 10 heteroatoms. The molecule has 1 aromatic carbocycles. The van der Waals surface area contributed by atoms with Crippen molar-refractivity contribution < 1.29 is 28.4 Å². The number of carbonyl (C=O) groups excluding carboxylic acids is 1. The van der Waals surface area contributed by atoms with Gasteiger partial charge in [-0.2, -0.15) is 0 Å². The van der Waals surface area contributed by atoms with Crippen molar-refractivity contribution in [2.24, 2.45) is 5.73 Å². The molecule has 29 heavy (non-hydrogen) atoms. The van der Waals surface area contributed by atoms with Gasteiger partial charge < -0.3 is 20.3 Å². The van der Waals surface area contributed by atoms with Crippen LogP contribution < -0.4 is 10.5 Å². The summed E-state index contributed by atoms with van der Waals surface area (Å²) in [6.07, 6.45) is 2.05. The molecule has 0 fully saturated rings. The summed E-state index contributed by atoms with van der Waals surface area (Å²) >= 11 is 7.23. The first-order chi connectivity index (χ1) is 13.5. The van der Waals surface area contributed by atoms with E-state index in [2.05, 4.69) is 4.52 Å². The zero-order chi connectivity index (χ0) is 21.5. The number of hydrogen-bond acceptors (Lipinski definition) is 6. The average molecular weight is 462 g/mol. The highest BCUT2D eigenvalue weighted by Gasteiger charge is 2.24. The third-order valence-corrected chi connectivity index (χ3v) is 5.98. The van der Waals surface area contributed by atoms with Crippen molar-refractivity contribution >= 4 is 36.5 Å². The summed E-state index contributed by atoms with van der Waals surface area (Å²) in [5, 5.41) is 0.644. The minimum absolute atomic E-state index is 0.0568. The Morgan fingerprint density at radius 3 is 2.59 bits per heavy atom. The zero-order valence-electron chi connectivity index (χ0n) is 16.0. The van der Waals surface area contributed by atoms with Gasteiger partial charge in [0.25, 0.3) is 0 Å². The van der Waals surface area contributed by atoms with Gasteiger partial charge in [0.1, 0.15) is 5.75 Å². The maximum absolute atomic E-state index is 12.3. The number of phosphoric acid groups is 1. The molecule has 0 bridgehead atoms. The number of thiophene rings is 1.